The largest absolute Gasteiger partial charge is 0.477 e. The van der Waals surface area contributed by atoms with Gasteiger partial charge in [-0.05, 0) is 36.5 Å². The SMILES string of the molecule is Cc1ccccc1[C@H]1CC(=O)c2cc(C(=O)O)c(=O)[nH]c2C1. The van der Waals surface area contributed by atoms with Crippen molar-refractivity contribution in [1.29, 1.82) is 0 Å². The van der Waals surface area contributed by atoms with Crippen LogP contribution < -0.4 is 5.56 Å². The first-order valence-corrected chi connectivity index (χ1v) is 7.05. The fourth-order valence-electron chi connectivity index (χ4n) is 3.05. The van der Waals surface area contributed by atoms with E-state index in [9.17, 15) is 14.4 Å². The Bertz CT molecular complexity index is 835. The zero-order chi connectivity index (χ0) is 15.9. The van der Waals surface area contributed by atoms with E-state index in [1.165, 1.54) is 6.07 Å². The number of ketones is 1. The second-order valence-electron chi connectivity index (χ2n) is 5.59. The van der Waals surface area contributed by atoms with Crippen LogP contribution in [0.1, 0.15) is 49.9 Å². The monoisotopic (exact) mass is 297 g/mol. The van der Waals surface area contributed by atoms with E-state index in [0.717, 1.165) is 11.1 Å². The lowest BCUT2D eigenvalue weighted by Crippen LogP contribution is -2.27. The number of carboxylic acids is 1. The molecule has 0 unspecified atom stereocenters. The molecule has 0 bridgehead atoms. The van der Waals surface area contributed by atoms with Crippen LogP contribution in [0.4, 0.5) is 0 Å². The molecule has 0 saturated heterocycles. The Morgan fingerprint density at radius 2 is 1.95 bits per heavy atom. The molecule has 1 aliphatic rings. The Morgan fingerprint density at radius 1 is 1.23 bits per heavy atom. The normalized spacial score (nSPS) is 17.1. The van der Waals surface area contributed by atoms with Crippen LogP contribution in [-0.4, -0.2) is 21.8 Å². The van der Waals surface area contributed by atoms with Gasteiger partial charge in [-0.3, -0.25) is 9.59 Å². The topological polar surface area (TPSA) is 87.2 Å². The number of benzene rings is 1. The molecule has 5 heteroatoms. The van der Waals surface area contributed by atoms with Gasteiger partial charge in [-0.1, -0.05) is 24.3 Å². The molecule has 3 rings (SSSR count). The van der Waals surface area contributed by atoms with Gasteiger partial charge in [-0.25, -0.2) is 4.79 Å². The van der Waals surface area contributed by atoms with E-state index in [1.54, 1.807) is 0 Å². The zero-order valence-electron chi connectivity index (χ0n) is 12.1. The van der Waals surface area contributed by atoms with Crippen LogP contribution in [0.5, 0.6) is 0 Å². The van der Waals surface area contributed by atoms with E-state index in [-0.39, 0.29) is 17.3 Å². The van der Waals surface area contributed by atoms with Crippen LogP contribution in [0.2, 0.25) is 0 Å². The number of rotatable bonds is 2. The summed E-state index contributed by atoms with van der Waals surface area (Å²) in [6, 6.07) is 9.05. The molecule has 22 heavy (non-hydrogen) atoms. The lowest BCUT2D eigenvalue weighted by molar-refractivity contribution is 0.0695. The summed E-state index contributed by atoms with van der Waals surface area (Å²) in [6.45, 7) is 1.99. The zero-order valence-corrected chi connectivity index (χ0v) is 12.1. The molecule has 1 heterocycles. The van der Waals surface area contributed by atoms with E-state index in [1.807, 2.05) is 31.2 Å². The average molecular weight is 297 g/mol. The summed E-state index contributed by atoms with van der Waals surface area (Å²) in [5.41, 5.74) is 1.99. The smallest absolute Gasteiger partial charge is 0.341 e. The highest BCUT2D eigenvalue weighted by Gasteiger charge is 2.29. The van der Waals surface area contributed by atoms with Gasteiger partial charge < -0.3 is 10.1 Å². The van der Waals surface area contributed by atoms with Crippen LogP contribution in [0.3, 0.4) is 0 Å². The molecule has 2 aromatic rings. The van der Waals surface area contributed by atoms with Gasteiger partial charge in [0.05, 0.1) is 0 Å². The number of aryl methyl sites for hydroxylation is 1. The second kappa shape index (κ2) is 5.26. The number of pyridine rings is 1. The van der Waals surface area contributed by atoms with Gasteiger partial charge in [0.15, 0.2) is 5.78 Å². The van der Waals surface area contributed by atoms with Crippen LogP contribution in [0.25, 0.3) is 0 Å². The molecule has 0 saturated carbocycles. The third kappa shape index (κ3) is 2.35. The van der Waals surface area contributed by atoms with E-state index >= 15 is 0 Å². The third-order valence-electron chi connectivity index (χ3n) is 4.16. The molecule has 1 aromatic carbocycles. The van der Waals surface area contributed by atoms with Crippen LogP contribution in [-0.2, 0) is 6.42 Å². The van der Waals surface area contributed by atoms with Crippen LogP contribution in [0, 0.1) is 6.92 Å². The molecule has 0 spiro atoms. The van der Waals surface area contributed by atoms with E-state index in [4.69, 9.17) is 5.11 Å². The number of hydrogen-bond acceptors (Lipinski definition) is 3. The summed E-state index contributed by atoms with van der Waals surface area (Å²) in [7, 11) is 0. The van der Waals surface area contributed by atoms with Crippen molar-refractivity contribution in [2.45, 2.75) is 25.7 Å². The number of aromatic nitrogens is 1. The summed E-state index contributed by atoms with van der Waals surface area (Å²) < 4.78 is 0. The Labute approximate surface area is 126 Å². The molecule has 0 fully saturated rings. The minimum absolute atomic E-state index is 0.00697. The number of carboxylic acid groups (broad SMARTS) is 1. The molecular formula is C17H15NO4. The number of hydrogen-bond donors (Lipinski definition) is 2. The van der Waals surface area contributed by atoms with Crippen molar-refractivity contribution in [2.24, 2.45) is 0 Å². The Kier molecular flexibility index (Phi) is 3.41. The molecule has 1 aromatic heterocycles. The maximum atomic E-state index is 12.4. The highest BCUT2D eigenvalue weighted by molar-refractivity contribution is 6.00. The van der Waals surface area contributed by atoms with Crippen molar-refractivity contribution >= 4 is 11.8 Å². The highest BCUT2D eigenvalue weighted by Crippen LogP contribution is 2.33. The molecule has 5 nitrogen and oxygen atoms in total. The number of carbonyl (C=O) groups excluding carboxylic acids is 1. The number of Topliss-reactive ketones (excluding diaryl/α,β-unsaturated/α-hetero) is 1. The summed E-state index contributed by atoms with van der Waals surface area (Å²) in [5.74, 6) is -1.45. The average Bonchev–Trinajstić information content (AvgIpc) is 2.46. The standard InChI is InChI=1S/C17H15NO4/c1-9-4-2-3-5-11(9)10-6-14-12(15(19)7-10)8-13(17(21)22)16(20)18-14/h2-5,8,10H,6-7H2,1H3,(H,18,20)(H,21,22)/t10-/m1/s1. The maximum absolute atomic E-state index is 12.4. The number of fused-ring (bicyclic) bond motifs is 1. The van der Waals surface area contributed by atoms with Gasteiger partial charge in [-0.2, -0.15) is 0 Å². The van der Waals surface area contributed by atoms with Crippen molar-refractivity contribution in [1.82, 2.24) is 4.98 Å². The summed E-state index contributed by atoms with van der Waals surface area (Å²) in [6.07, 6.45) is 0.851. The lowest BCUT2D eigenvalue weighted by Gasteiger charge is -2.25. The van der Waals surface area contributed by atoms with Crippen molar-refractivity contribution in [3.63, 3.8) is 0 Å². The Hall–Kier alpha value is -2.69. The molecule has 0 radical (unpaired) electrons. The molecule has 1 atom stereocenters. The van der Waals surface area contributed by atoms with Crippen molar-refractivity contribution in [2.75, 3.05) is 0 Å². The predicted molar refractivity (Wildman–Crippen MR) is 80.6 cm³/mol. The first kappa shape index (κ1) is 14.3. The Balaban J connectivity index is 2.05. The van der Waals surface area contributed by atoms with Gasteiger partial charge in [-0.15, -0.1) is 0 Å². The van der Waals surface area contributed by atoms with Crippen LogP contribution >= 0.6 is 0 Å². The van der Waals surface area contributed by atoms with Gasteiger partial charge >= 0.3 is 5.97 Å². The predicted octanol–water partition coefficient (Wildman–Crippen LogP) is 2.29. The summed E-state index contributed by atoms with van der Waals surface area (Å²) >= 11 is 0. The third-order valence-corrected chi connectivity index (χ3v) is 4.16. The quantitative estimate of drug-likeness (QED) is 0.890. The van der Waals surface area contributed by atoms with Gasteiger partial charge in [0.2, 0.25) is 0 Å². The fourth-order valence-corrected chi connectivity index (χ4v) is 3.05. The van der Waals surface area contributed by atoms with E-state index in [0.29, 0.717) is 24.1 Å². The summed E-state index contributed by atoms with van der Waals surface area (Å²) in [5, 5.41) is 8.99. The van der Waals surface area contributed by atoms with E-state index in [2.05, 4.69) is 4.98 Å². The minimum atomic E-state index is -1.32. The molecular weight excluding hydrogens is 282 g/mol. The molecule has 112 valence electrons. The maximum Gasteiger partial charge on any atom is 0.341 e. The Morgan fingerprint density at radius 3 is 2.64 bits per heavy atom. The second-order valence-corrected chi connectivity index (χ2v) is 5.59. The van der Waals surface area contributed by atoms with Crippen molar-refractivity contribution < 1.29 is 14.7 Å². The minimum Gasteiger partial charge on any atom is -0.477 e. The van der Waals surface area contributed by atoms with Gasteiger partial charge in [0.25, 0.3) is 5.56 Å². The van der Waals surface area contributed by atoms with Crippen molar-refractivity contribution in [3.05, 3.63) is 68.6 Å². The van der Waals surface area contributed by atoms with Gasteiger partial charge in [0.1, 0.15) is 5.56 Å². The molecule has 1 aliphatic carbocycles. The lowest BCUT2D eigenvalue weighted by atomic mass is 9.80. The summed E-state index contributed by atoms with van der Waals surface area (Å²) in [4.78, 5) is 37.7. The van der Waals surface area contributed by atoms with Crippen molar-refractivity contribution in [3.8, 4) is 0 Å². The first-order valence-electron chi connectivity index (χ1n) is 7.05. The number of H-pyrrole nitrogens is 1. The first-order chi connectivity index (χ1) is 10.5. The fraction of sp³-hybridized carbons (Fsp3) is 0.235. The van der Waals surface area contributed by atoms with Gasteiger partial charge in [0, 0.05) is 17.7 Å². The van der Waals surface area contributed by atoms with E-state index < -0.39 is 11.5 Å². The number of carbonyl (C=O) groups is 2. The molecule has 2 N–H and O–H groups in total. The number of aromatic amines is 1. The highest BCUT2D eigenvalue weighted by atomic mass is 16.4. The number of nitrogens with one attached hydrogen (secondary N) is 1. The number of aromatic carboxylic acids is 1. The molecule has 0 aliphatic heterocycles. The molecule has 0 amide bonds. The van der Waals surface area contributed by atoms with Crippen LogP contribution in [0.15, 0.2) is 35.1 Å².